The van der Waals surface area contributed by atoms with Gasteiger partial charge in [0.2, 0.25) is 0 Å². The Morgan fingerprint density at radius 3 is 2.52 bits per heavy atom. The molecule has 21 heavy (non-hydrogen) atoms. The number of benzene rings is 1. The van der Waals surface area contributed by atoms with Crippen LogP contribution in [0, 0.1) is 20.8 Å². The number of hydrogen-bond acceptors (Lipinski definition) is 2. The van der Waals surface area contributed by atoms with Crippen LogP contribution in [0.15, 0.2) is 36.4 Å². The lowest BCUT2D eigenvalue weighted by Crippen LogP contribution is -2.25. The van der Waals surface area contributed by atoms with Crippen LogP contribution in [0.3, 0.4) is 0 Å². The van der Waals surface area contributed by atoms with Crippen LogP contribution in [0.4, 0.5) is 0 Å². The molecule has 2 aromatic rings. The summed E-state index contributed by atoms with van der Waals surface area (Å²) in [5.41, 5.74) is 6.30. The molecule has 0 aliphatic rings. The third kappa shape index (κ3) is 4.40. The summed E-state index contributed by atoms with van der Waals surface area (Å²) in [7, 11) is 0. The first-order valence-corrected chi connectivity index (χ1v) is 7.83. The third-order valence-corrected chi connectivity index (χ3v) is 3.92. The van der Waals surface area contributed by atoms with E-state index in [2.05, 4.69) is 69.4 Å². The fourth-order valence-corrected chi connectivity index (χ4v) is 2.52. The smallest absolute Gasteiger partial charge is 0.0579 e. The lowest BCUT2D eigenvalue weighted by molar-refractivity contribution is 0.517. The first-order chi connectivity index (χ1) is 10.1. The molecular weight excluding hydrogens is 256 g/mol. The summed E-state index contributed by atoms with van der Waals surface area (Å²) in [6.07, 6.45) is 2.12. The molecule has 1 N–H and O–H groups in total. The van der Waals surface area contributed by atoms with E-state index in [0.717, 1.165) is 30.8 Å². The van der Waals surface area contributed by atoms with Gasteiger partial charge in [-0.1, -0.05) is 31.2 Å². The zero-order valence-electron chi connectivity index (χ0n) is 13.6. The maximum atomic E-state index is 4.70. The summed E-state index contributed by atoms with van der Waals surface area (Å²) in [6.45, 7) is 9.61. The van der Waals surface area contributed by atoms with E-state index in [-0.39, 0.29) is 6.04 Å². The number of aromatic nitrogens is 1. The lowest BCUT2D eigenvalue weighted by atomic mass is 9.99. The zero-order chi connectivity index (χ0) is 15.2. The number of hydrogen-bond donors (Lipinski definition) is 1. The summed E-state index contributed by atoms with van der Waals surface area (Å²) < 4.78 is 0. The highest BCUT2D eigenvalue weighted by Crippen LogP contribution is 2.19. The molecule has 0 amide bonds. The summed E-state index contributed by atoms with van der Waals surface area (Å²) in [4.78, 5) is 4.70. The Bertz CT molecular complexity index is 590. The predicted octanol–water partition coefficient (Wildman–Crippen LogP) is 4.29. The molecule has 1 aromatic carbocycles. The molecular formula is C19H26N2. The summed E-state index contributed by atoms with van der Waals surface area (Å²) >= 11 is 0. The van der Waals surface area contributed by atoms with Gasteiger partial charge in [0, 0.05) is 5.69 Å². The molecule has 0 spiro atoms. The molecule has 1 aromatic heterocycles. The molecule has 1 heterocycles. The molecule has 0 fully saturated rings. The average molecular weight is 282 g/mol. The van der Waals surface area contributed by atoms with Crippen molar-refractivity contribution in [2.45, 2.75) is 46.6 Å². The Labute approximate surface area is 128 Å². The standard InChI is InChI=1S/C19H26N2/c1-5-11-20-19(18-8-6-7-16(4)21-18)13-17-10-9-14(2)15(3)12-17/h6-10,12,19-20H,5,11,13H2,1-4H3. The molecule has 1 unspecified atom stereocenters. The molecule has 2 nitrogen and oxygen atoms in total. The SMILES string of the molecule is CCCNC(Cc1ccc(C)c(C)c1)c1cccc(C)n1. The van der Waals surface area contributed by atoms with Crippen LogP contribution in [0.1, 0.15) is 47.5 Å². The summed E-state index contributed by atoms with van der Waals surface area (Å²) in [6, 6.07) is 13.3. The molecule has 0 saturated carbocycles. The van der Waals surface area contributed by atoms with Crippen LogP contribution in [0.2, 0.25) is 0 Å². The molecule has 2 heteroatoms. The molecule has 112 valence electrons. The van der Waals surface area contributed by atoms with Crippen molar-refractivity contribution in [2.24, 2.45) is 0 Å². The minimum Gasteiger partial charge on any atom is -0.308 e. The van der Waals surface area contributed by atoms with E-state index in [1.54, 1.807) is 0 Å². The van der Waals surface area contributed by atoms with Gasteiger partial charge >= 0.3 is 0 Å². The van der Waals surface area contributed by atoms with Crippen molar-refractivity contribution in [3.8, 4) is 0 Å². The normalized spacial score (nSPS) is 12.4. The first-order valence-electron chi connectivity index (χ1n) is 7.83. The fourth-order valence-electron chi connectivity index (χ4n) is 2.52. The number of nitrogens with one attached hydrogen (secondary N) is 1. The topological polar surface area (TPSA) is 24.9 Å². The minimum atomic E-state index is 0.284. The highest BCUT2D eigenvalue weighted by molar-refractivity contribution is 5.31. The monoisotopic (exact) mass is 282 g/mol. The van der Waals surface area contributed by atoms with Crippen LogP contribution in [0.25, 0.3) is 0 Å². The summed E-state index contributed by atoms with van der Waals surface area (Å²) in [5.74, 6) is 0. The molecule has 0 saturated heterocycles. The molecule has 0 aliphatic carbocycles. The Kier molecular flexibility index (Phi) is 5.51. The Morgan fingerprint density at radius 1 is 1.05 bits per heavy atom. The molecule has 0 aliphatic heterocycles. The van der Waals surface area contributed by atoms with Crippen molar-refractivity contribution in [2.75, 3.05) is 6.54 Å². The van der Waals surface area contributed by atoms with E-state index in [9.17, 15) is 0 Å². The van der Waals surface area contributed by atoms with Gasteiger partial charge in [-0.25, -0.2) is 0 Å². The van der Waals surface area contributed by atoms with E-state index in [1.807, 2.05) is 0 Å². The number of aryl methyl sites for hydroxylation is 3. The van der Waals surface area contributed by atoms with Gasteiger partial charge in [0.1, 0.15) is 0 Å². The van der Waals surface area contributed by atoms with Gasteiger partial charge in [-0.05, 0) is 69.0 Å². The van der Waals surface area contributed by atoms with E-state index in [4.69, 9.17) is 4.98 Å². The van der Waals surface area contributed by atoms with Crippen LogP contribution >= 0.6 is 0 Å². The maximum Gasteiger partial charge on any atom is 0.0579 e. The second-order valence-corrected chi connectivity index (χ2v) is 5.83. The predicted molar refractivity (Wildman–Crippen MR) is 89.6 cm³/mol. The highest BCUT2D eigenvalue weighted by Gasteiger charge is 2.13. The molecule has 0 bridgehead atoms. The maximum absolute atomic E-state index is 4.70. The van der Waals surface area contributed by atoms with Crippen molar-refractivity contribution >= 4 is 0 Å². The first kappa shape index (κ1) is 15.7. The molecule has 2 rings (SSSR count). The number of rotatable bonds is 6. The number of nitrogens with zero attached hydrogens (tertiary/aromatic N) is 1. The Balaban J connectivity index is 2.21. The lowest BCUT2D eigenvalue weighted by Gasteiger charge is -2.19. The van der Waals surface area contributed by atoms with Gasteiger partial charge < -0.3 is 5.32 Å². The minimum absolute atomic E-state index is 0.284. The van der Waals surface area contributed by atoms with Crippen molar-refractivity contribution in [3.05, 3.63) is 64.5 Å². The van der Waals surface area contributed by atoms with Gasteiger partial charge in [-0.3, -0.25) is 4.98 Å². The van der Waals surface area contributed by atoms with Crippen molar-refractivity contribution in [1.82, 2.24) is 10.3 Å². The number of pyridine rings is 1. The van der Waals surface area contributed by atoms with E-state index in [0.29, 0.717) is 0 Å². The highest BCUT2D eigenvalue weighted by atomic mass is 14.9. The molecule has 1 atom stereocenters. The largest absolute Gasteiger partial charge is 0.308 e. The van der Waals surface area contributed by atoms with Gasteiger partial charge in [0.15, 0.2) is 0 Å². The fraction of sp³-hybridized carbons (Fsp3) is 0.421. The Morgan fingerprint density at radius 2 is 1.86 bits per heavy atom. The average Bonchev–Trinajstić information content (AvgIpc) is 2.47. The van der Waals surface area contributed by atoms with Crippen molar-refractivity contribution in [1.29, 1.82) is 0 Å². The van der Waals surface area contributed by atoms with Gasteiger partial charge in [0.25, 0.3) is 0 Å². The molecule has 0 radical (unpaired) electrons. The van der Waals surface area contributed by atoms with E-state index >= 15 is 0 Å². The summed E-state index contributed by atoms with van der Waals surface area (Å²) in [5, 5.41) is 3.63. The second kappa shape index (κ2) is 7.37. The van der Waals surface area contributed by atoms with Gasteiger partial charge in [-0.15, -0.1) is 0 Å². The van der Waals surface area contributed by atoms with Crippen molar-refractivity contribution in [3.63, 3.8) is 0 Å². The third-order valence-electron chi connectivity index (χ3n) is 3.92. The van der Waals surface area contributed by atoms with Gasteiger partial charge in [0.05, 0.1) is 11.7 Å². The zero-order valence-corrected chi connectivity index (χ0v) is 13.6. The van der Waals surface area contributed by atoms with E-state index < -0.39 is 0 Å². The van der Waals surface area contributed by atoms with Crippen LogP contribution in [-0.2, 0) is 6.42 Å². The second-order valence-electron chi connectivity index (χ2n) is 5.83. The van der Waals surface area contributed by atoms with Crippen LogP contribution < -0.4 is 5.32 Å². The quantitative estimate of drug-likeness (QED) is 0.855. The van der Waals surface area contributed by atoms with E-state index in [1.165, 1.54) is 16.7 Å². The van der Waals surface area contributed by atoms with Crippen molar-refractivity contribution < 1.29 is 0 Å². The van der Waals surface area contributed by atoms with Crippen LogP contribution in [-0.4, -0.2) is 11.5 Å². The van der Waals surface area contributed by atoms with Crippen LogP contribution in [0.5, 0.6) is 0 Å². The van der Waals surface area contributed by atoms with Gasteiger partial charge in [-0.2, -0.15) is 0 Å². The Hall–Kier alpha value is -1.67.